The second kappa shape index (κ2) is 6.86. The number of ether oxygens (including phenoxy) is 3. The SMILES string of the molecule is COCCOc1ccc(Cl)cc1-c1noc([C@]2(C)CCCO2)n1. The average Bonchev–Trinajstić information content (AvgIpc) is 3.19. The second-order valence-electron chi connectivity index (χ2n) is 5.59. The van der Waals surface area contributed by atoms with Gasteiger partial charge in [-0.25, -0.2) is 0 Å². The Morgan fingerprint density at radius 2 is 2.22 bits per heavy atom. The predicted molar refractivity (Wildman–Crippen MR) is 84.7 cm³/mol. The van der Waals surface area contributed by atoms with Gasteiger partial charge in [0.05, 0.1) is 12.2 Å². The van der Waals surface area contributed by atoms with Gasteiger partial charge < -0.3 is 18.7 Å². The molecule has 0 spiro atoms. The first-order valence-electron chi connectivity index (χ1n) is 7.52. The molecular weight excluding hydrogens is 320 g/mol. The highest BCUT2D eigenvalue weighted by molar-refractivity contribution is 6.30. The lowest BCUT2D eigenvalue weighted by atomic mass is 10.0. The number of benzene rings is 1. The normalized spacial score (nSPS) is 20.8. The smallest absolute Gasteiger partial charge is 0.258 e. The highest BCUT2D eigenvalue weighted by Crippen LogP contribution is 2.37. The number of hydrogen-bond acceptors (Lipinski definition) is 6. The van der Waals surface area contributed by atoms with Crippen LogP contribution in [0.1, 0.15) is 25.7 Å². The molecular formula is C16H19ClN2O4. The molecule has 1 aliphatic rings. The molecule has 1 aromatic carbocycles. The van der Waals surface area contributed by atoms with Gasteiger partial charge in [0.15, 0.2) is 0 Å². The maximum Gasteiger partial charge on any atom is 0.258 e. The third-order valence-electron chi connectivity index (χ3n) is 3.82. The molecule has 0 bridgehead atoms. The van der Waals surface area contributed by atoms with Crippen molar-refractivity contribution in [3.05, 3.63) is 29.1 Å². The molecule has 7 heteroatoms. The third-order valence-corrected chi connectivity index (χ3v) is 4.06. The largest absolute Gasteiger partial charge is 0.490 e. The molecule has 23 heavy (non-hydrogen) atoms. The second-order valence-corrected chi connectivity index (χ2v) is 6.02. The van der Waals surface area contributed by atoms with Crippen LogP contribution in [0.25, 0.3) is 11.4 Å². The van der Waals surface area contributed by atoms with E-state index >= 15 is 0 Å². The van der Waals surface area contributed by atoms with Crippen molar-refractivity contribution in [2.75, 3.05) is 26.9 Å². The summed E-state index contributed by atoms with van der Waals surface area (Å²) in [6.07, 6.45) is 1.85. The lowest BCUT2D eigenvalue weighted by molar-refractivity contribution is -0.00937. The Bertz CT molecular complexity index is 668. The number of hydrogen-bond donors (Lipinski definition) is 0. The summed E-state index contributed by atoms with van der Waals surface area (Å²) in [6, 6.07) is 5.31. The molecule has 1 aromatic heterocycles. The molecule has 0 N–H and O–H groups in total. The van der Waals surface area contributed by atoms with E-state index in [4.69, 9.17) is 30.3 Å². The molecule has 0 radical (unpaired) electrons. The van der Waals surface area contributed by atoms with Crippen molar-refractivity contribution < 1.29 is 18.7 Å². The molecule has 0 unspecified atom stereocenters. The van der Waals surface area contributed by atoms with Crippen LogP contribution in [0.3, 0.4) is 0 Å². The quantitative estimate of drug-likeness (QED) is 0.752. The van der Waals surface area contributed by atoms with Crippen LogP contribution in [-0.2, 0) is 15.1 Å². The van der Waals surface area contributed by atoms with E-state index < -0.39 is 5.60 Å². The Hall–Kier alpha value is -1.63. The first-order valence-corrected chi connectivity index (χ1v) is 7.90. The highest BCUT2D eigenvalue weighted by Gasteiger charge is 2.37. The molecule has 1 saturated heterocycles. The molecule has 2 aromatic rings. The molecule has 1 fully saturated rings. The van der Waals surface area contributed by atoms with E-state index in [9.17, 15) is 0 Å². The van der Waals surface area contributed by atoms with E-state index in [2.05, 4.69) is 10.1 Å². The third kappa shape index (κ3) is 3.49. The average molecular weight is 339 g/mol. The van der Waals surface area contributed by atoms with Gasteiger partial charge in [0, 0.05) is 18.7 Å². The van der Waals surface area contributed by atoms with Gasteiger partial charge in [-0.3, -0.25) is 0 Å². The molecule has 3 rings (SSSR count). The number of rotatable bonds is 6. The minimum atomic E-state index is -0.513. The number of methoxy groups -OCH3 is 1. The Labute approximate surface area is 139 Å². The van der Waals surface area contributed by atoms with Gasteiger partial charge in [-0.2, -0.15) is 4.98 Å². The molecule has 1 aliphatic heterocycles. The van der Waals surface area contributed by atoms with E-state index in [-0.39, 0.29) is 0 Å². The minimum absolute atomic E-state index is 0.427. The zero-order valence-electron chi connectivity index (χ0n) is 13.2. The van der Waals surface area contributed by atoms with E-state index in [1.165, 1.54) is 0 Å². The van der Waals surface area contributed by atoms with E-state index in [0.717, 1.165) is 12.8 Å². The Morgan fingerprint density at radius 1 is 1.35 bits per heavy atom. The number of halogens is 1. The fraction of sp³-hybridized carbons (Fsp3) is 0.500. The summed E-state index contributed by atoms with van der Waals surface area (Å²) < 4.78 is 21.9. The van der Waals surface area contributed by atoms with Crippen molar-refractivity contribution in [3.63, 3.8) is 0 Å². The van der Waals surface area contributed by atoms with Gasteiger partial charge in [-0.15, -0.1) is 0 Å². The van der Waals surface area contributed by atoms with Gasteiger partial charge in [0.1, 0.15) is 18.0 Å². The van der Waals surface area contributed by atoms with E-state index in [0.29, 0.717) is 47.9 Å². The van der Waals surface area contributed by atoms with Crippen molar-refractivity contribution in [2.45, 2.75) is 25.4 Å². The van der Waals surface area contributed by atoms with Crippen LogP contribution in [0.15, 0.2) is 22.7 Å². The number of nitrogens with zero attached hydrogens (tertiary/aromatic N) is 2. The summed E-state index contributed by atoms with van der Waals surface area (Å²) in [4.78, 5) is 4.49. The molecule has 1 atom stereocenters. The monoisotopic (exact) mass is 338 g/mol. The minimum Gasteiger partial charge on any atom is -0.490 e. The molecule has 6 nitrogen and oxygen atoms in total. The first kappa shape index (κ1) is 16.2. The van der Waals surface area contributed by atoms with Crippen LogP contribution in [0.4, 0.5) is 0 Å². The lowest BCUT2D eigenvalue weighted by Crippen LogP contribution is -2.20. The molecule has 0 saturated carbocycles. The van der Waals surface area contributed by atoms with Gasteiger partial charge in [-0.05, 0) is 38.0 Å². The van der Waals surface area contributed by atoms with E-state index in [1.54, 1.807) is 25.3 Å². The van der Waals surface area contributed by atoms with Gasteiger partial charge >= 0.3 is 0 Å². The maximum atomic E-state index is 6.10. The topological polar surface area (TPSA) is 66.6 Å². The van der Waals surface area contributed by atoms with E-state index in [1.807, 2.05) is 6.92 Å². The van der Waals surface area contributed by atoms with Crippen molar-refractivity contribution in [1.82, 2.24) is 10.1 Å². The zero-order valence-corrected chi connectivity index (χ0v) is 13.9. The molecule has 0 amide bonds. The summed E-state index contributed by atoms with van der Waals surface area (Å²) in [5, 5.41) is 4.65. The van der Waals surface area contributed by atoms with Crippen LogP contribution >= 0.6 is 11.6 Å². The van der Waals surface area contributed by atoms with Crippen molar-refractivity contribution >= 4 is 11.6 Å². The first-order chi connectivity index (χ1) is 11.1. The number of aromatic nitrogens is 2. The molecule has 2 heterocycles. The summed E-state index contributed by atoms with van der Waals surface area (Å²) in [7, 11) is 1.62. The standard InChI is InChI=1S/C16H19ClN2O4/c1-16(6-3-7-22-16)15-18-14(19-23-15)12-10-11(17)4-5-13(12)21-9-8-20-2/h4-5,10H,3,6-9H2,1-2H3/t16-/m0/s1. The van der Waals surface area contributed by atoms with Crippen molar-refractivity contribution in [3.8, 4) is 17.1 Å². The lowest BCUT2D eigenvalue weighted by Gasteiger charge is -2.16. The Kier molecular flexibility index (Phi) is 4.84. The summed E-state index contributed by atoms with van der Waals surface area (Å²) in [5.74, 6) is 1.55. The van der Waals surface area contributed by atoms with Gasteiger partial charge in [0.2, 0.25) is 5.82 Å². The van der Waals surface area contributed by atoms with Gasteiger partial charge in [-0.1, -0.05) is 16.8 Å². The zero-order chi connectivity index (χ0) is 16.3. The Balaban J connectivity index is 1.88. The van der Waals surface area contributed by atoms with Crippen LogP contribution in [0.2, 0.25) is 5.02 Å². The molecule has 124 valence electrons. The highest BCUT2D eigenvalue weighted by atomic mass is 35.5. The molecule has 0 aliphatic carbocycles. The van der Waals surface area contributed by atoms with Crippen LogP contribution < -0.4 is 4.74 Å². The summed E-state index contributed by atoms with van der Waals surface area (Å²) >= 11 is 6.10. The Morgan fingerprint density at radius 3 is 2.96 bits per heavy atom. The van der Waals surface area contributed by atoms with Crippen LogP contribution in [-0.4, -0.2) is 37.1 Å². The van der Waals surface area contributed by atoms with Crippen LogP contribution in [0, 0.1) is 0 Å². The fourth-order valence-corrected chi connectivity index (χ4v) is 2.71. The summed E-state index contributed by atoms with van der Waals surface area (Å²) in [6.45, 7) is 3.59. The fourth-order valence-electron chi connectivity index (χ4n) is 2.53. The van der Waals surface area contributed by atoms with Gasteiger partial charge in [0.25, 0.3) is 5.89 Å². The van der Waals surface area contributed by atoms with Crippen molar-refractivity contribution in [2.24, 2.45) is 0 Å². The summed E-state index contributed by atoms with van der Waals surface area (Å²) in [5.41, 5.74) is 0.172. The maximum absolute atomic E-state index is 6.10. The predicted octanol–water partition coefficient (Wildman–Crippen LogP) is 3.44. The van der Waals surface area contributed by atoms with Crippen molar-refractivity contribution in [1.29, 1.82) is 0 Å². The van der Waals surface area contributed by atoms with Crippen LogP contribution in [0.5, 0.6) is 5.75 Å².